The van der Waals surface area contributed by atoms with E-state index in [4.69, 9.17) is 8.83 Å². The Hall–Kier alpha value is -4.13. The molecule has 0 bridgehead atoms. The molecule has 0 aliphatic heterocycles. The number of imidazole rings is 1. The largest absolute Gasteiger partial charge is 0.461 e. The second kappa shape index (κ2) is 9.62. The summed E-state index contributed by atoms with van der Waals surface area (Å²) in [6, 6.07) is 13.9. The molecule has 7 heteroatoms. The highest BCUT2D eigenvalue weighted by molar-refractivity contribution is 6.03. The number of hydrogen-bond acceptors (Lipinski definition) is 5. The standard InChI is InChI=1S/C28H27N3O4/c1-18-21(9-10-26(32)30-11-6-13-31-14-12-29-17-31)28(33)35-24-16-25-23(15-22(18)24)27(19(2)34-25)20-7-4-3-5-8-20/h3-5,7-8,12,14-17H,6,9-11,13H2,1-2H3,(H,30,32). The second-order valence-electron chi connectivity index (χ2n) is 8.74. The van der Waals surface area contributed by atoms with Crippen LogP contribution in [0.4, 0.5) is 0 Å². The molecule has 0 aliphatic rings. The van der Waals surface area contributed by atoms with Crippen LogP contribution in [0, 0.1) is 13.8 Å². The molecule has 0 saturated heterocycles. The van der Waals surface area contributed by atoms with Crippen LogP contribution >= 0.6 is 0 Å². The number of carbonyl (C=O) groups is 1. The van der Waals surface area contributed by atoms with Crippen LogP contribution in [-0.2, 0) is 17.8 Å². The van der Waals surface area contributed by atoms with Gasteiger partial charge in [0.1, 0.15) is 16.9 Å². The molecule has 5 aromatic rings. The quantitative estimate of drug-likeness (QED) is 0.250. The number of rotatable bonds is 8. The molecule has 0 spiro atoms. The van der Waals surface area contributed by atoms with Crippen molar-refractivity contribution in [1.29, 1.82) is 0 Å². The first-order valence-corrected chi connectivity index (χ1v) is 11.8. The number of amides is 1. The SMILES string of the molecule is Cc1oc2cc3oc(=O)c(CCC(=O)NCCCn4ccnc4)c(C)c3cc2c1-c1ccccc1. The molecule has 178 valence electrons. The summed E-state index contributed by atoms with van der Waals surface area (Å²) in [4.78, 5) is 29.1. The van der Waals surface area contributed by atoms with Gasteiger partial charge in [-0.1, -0.05) is 30.3 Å². The van der Waals surface area contributed by atoms with Crippen molar-refractivity contribution in [3.05, 3.63) is 88.5 Å². The van der Waals surface area contributed by atoms with Crippen molar-refractivity contribution in [2.45, 2.75) is 39.7 Å². The smallest absolute Gasteiger partial charge is 0.339 e. The third kappa shape index (κ3) is 4.62. The van der Waals surface area contributed by atoms with Gasteiger partial charge in [0.2, 0.25) is 5.91 Å². The van der Waals surface area contributed by atoms with Crippen LogP contribution in [0.15, 0.2) is 74.8 Å². The van der Waals surface area contributed by atoms with E-state index in [0.717, 1.165) is 46.2 Å². The zero-order chi connectivity index (χ0) is 24.4. The summed E-state index contributed by atoms with van der Waals surface area (Å²) >= 11 is 0. The molecule has 0 unspecified atom stereocenters. The monoisotopic (exact) mass is 469 g/mol. The number of fused-ring (bicyclic) bond motifs is 2. The first-order chi connectivity index (χ1) is 17.0. The molecule has 1 amide bonds. The Labute approximate surface area is 202 Å². The van der Waals surface area contributed by atoms with Gasteiger partial charge in [-0.25, -0.2) is 9.78 Å². The average Bonchev–Trinajstić information content (AvgIpc) is 3.48. The van der Waals surface area contributed by atoms with Crippen LogP contribution in [0.3, 0.4) is 0 Å². The summed E-state index contributed by atoms with van der Waals surface area (Å²) in [6.45, 7) is 5.22. The van der Waals surface area contributed by atoms with Gasteiger partial charge in [0.05, 0.1) is 6.33 Å². The molecule has 3 heterocycles. The molecule has 0 aliphatic carbocycles. The minimum atomic E-state index is -0.409. The van der Waals surface area contributed by atoms with E-state index < -0.39 is 5.63 Å². The molecular weight excluding hydrogens is 442 g/mol. The lowest BCUT2D eigenvalue weighted by molar-refractivity contribution is -0.121. The zero-order valence-electron chi connectivity index (χ0n) is 19.8. The summed E-state index contributed by atoms with van der Waals surface area (Å²) in [7, 11) is 0. The van der Waals surface area contributed by atoms with Crippen molar-refractivity contribution in [3.8, 4) is 11.1 Å². The Kier molecular flexibility index (Phi) is 6.23. The summed E-state index contributed by atoms with van der Waals surface area (Å²) < 4.78 is 13.6. The number of hydrogen-bond donors (Lipinski definition) is 1. The van der Waals surface area contributed by atoms with Gasteiger partial charge >= 0.3 is 5.63 Å². The van der Waals surface area contributed by atoms with Gasteiger partial charge in [0.25, 0.3) is 0 Å². The number of nitrogens with zero attached hydrogens (tertiary/aromatic N) is 2. The van der Waals surface area contributed by atoms with Crippen LogP contribution in [-0.4, -0.2) is 22.0 Å². The van der Waals surface area contributed by atoms with E-state index >= 15 is 0 Å². The van der Waals surface area contributed by atoms with Gasteiger partial charge in [-0.15, -0.1) is 0 Å². The molecule has 1 N–H and O–H groups in total. The van der Waals surface area contributed by atoms with E-state index in [-0.39, 0.29) is 12.3 Å². The first kappa shape index (κ1) is 22.7. The third-order valence-corrected chi connectivity index (χ3v) is 6.41. The number of aryl methyl sites for hydroxylation is 3. The lowest BCUT2D eigenvalue weighted by atomic mass is 9.98. The summed E-state index contributed by atoms with van der Waals surface area (Å²) in [5, 5.41) is 4.75. The Morgan fingerprint density at radius 1 is 1.06 bits per heavy atom. The third-order valence-electron chi connectivity index (χ3n) is 6.41. The molecule has 0 radical (unpaired) electrons. The normalized spacial score (nSPS) is 11.4. The lowest BCUT2D eigenvalue weighted by Crippen LogP contribution is -2.26. The zero-order valence-corrected chi connectivity index (χ0v) is 19.8. The van der Waals surface area contributed by atoms with Crippen molar-refractivity contribution in [2.75, 3.05) is 6.54 Å². The van der Waals surface area contributed by atoms with Crippen LogP contribution in [0.2, 0.25) is 0 Å². The van der Waals surface area contributed by atoms with Crippen LogP contribution in [0.25, 0.3) is 33.1 Å². The van der Waals surface area contributed by atoms with Gasteiger partial charge < -0.3 is 18.7 Å². The molecule has 0 fully saturated rings. The number of aromatic nitrogens is 2. The van der Waals surface area contributed by atoms with Crippen LogP contribution in [0.5, 0.6) is 0 Å². The van der Waals surface area contributed by atoms with Gasteiger partial charge in [-0.2, -0.15) is 0 Å². The predicted molar refractivity (Wildman–Crippen MR) is 135 cm³/mol. The maximum Gasteiger partial charge on any atom is 0.339 e. The average molecular weight is 470 g/mol. The van der Waals surface area contributed by atoms with E-state index in [9.17, 15) is 9.59 Å². The Morgan fingerprint density at radius 3 is 2.63 bits per heavy atom. The molecular formula is C28H27N3O4. The Morgan fingerprint density at radius 2 is 1.86 bits per heavy atom. The summed E-state index contributed by atoms with van der Waals surface area (Å²) in [6.07, 6.45) is 6.74. The van der Waals surface area contributed by atoms with Crippen molar-refractivity contribution >= 4 is 27.8 Å². The minimum Gasteiger partial charge on any atom is -0.461 e. The van der Waals surface area contributed by atoms with Crippen molar-refractivity contribution in [2.24, 2.45) is 0 Å². The van der Waals surface area contributed by atoms with Crippen molar-refractivity contribution in [1.82, 2.24) is 14.9 Å². The van der Waals surface area contributed by atoms with Gasteiger partial charge in [-0.05, 0) is 43.9 Å². The molecule has 0 atom stereocenters. The fourth-order valence-corrected chi connectivity index (χ4v) is 4.59. The Bertz CT molecular complexity index is 1550. The molecule has 0 saturated carbocycles. The van der Waals surface area contributed by atoms with Gasteiger partial charge in [-0.3, -0.25) is 4.79 Å². The molecule has 5 rings (SSSR count). The molecule has 2 aromatic carbocycles. The maximum absolute atomic E-state index is 12.8. The number of benzene rings is 2. The highest BCUT2D eigenvalue weighted by Crippen LogP contribution is 2.37. The first-order valence-electron chi connectivity index (χ1n) is 11.8. The lowest BCUT2D eigenvalue weighted by Gasteiger charge is -2.09. The molecule has 35 heavy (non-hydrogen) atoms. The van der Waals surface area contributed by atoms with Crippen LogP contribution in [0.1, 0.15) is 29.7 Å². The fraction of sp³-hybridized carbons (Fsp3) is 0.250. The summed E-state index contributed by atoms with van der Waals surface area (Å²) in [5.74, 6) is 0.730. The van der Waals surface area contributed by atoms with E-state index in [0.29, 0.717) is 29.7 Å². The molecule has 3 aromatic heterocycles. The second-order valence-corrected chi connectivity index (χ2v) is 8.74. The van der Waals surface area contributed by atoms with E-state index in [1.54, 1.807) is 18.6 Å². The molecule has 7 nitrogen and oxygen atoms in total. The highest BCUT2D eigenvalue weighted by Gasteiger charge is 2.18. The predicted octanol–water partition coefficient (Wildman–Crippen LogP) is 5.16. The number of furan rings is 1. The van der Waals surface area contributed by atoms with E-state index in [1.807, 2.05) is 48.9 Å². The number of carbonyl (C=O) groups excluding carboxylic acids is 1. The Balaban J connectivity index is 1.36. The van der Waals surface area contributed by atoms with Gasteiger partial charge in [0.15, 0.2) is 0 Å². The van der Waals surface area contributed by atoms with Crippen molar-refractivity contribution in [3.63, 3.8) is 0 Å². The van der Waals surface area contributed by atoms with Crippen LogP contribution < -0.4 is 10.9 Å². The summed E-state index contributed by atoms with van der Waals surface area (Å²) in [5.41, 5.74) is 4.23. The minimum absolute atomic E-state index is 0.0817. The highest BCUT2D eigenvalue weighted by atomic mass is 16.4. The van der Waals surface area contributed by atoms with E-state index in [1.165, 1.54) is 0 Å². The van der Waals surface area contributed by atoms with Gasteiger partial charge in [0, 0.05) is 59.9 Å². The fourth-order valence-electron chi connectivity index (χ4n) is 4.59. The maximum atomic E-state index is 12.8. The topological polar surface area (TPSA) is 90.3 Å². The van der Waals surface area contributed by atoms with Crippen molar-refractivity contribution < 1.29 is 13.6 Å². The number of nitrogens with one attached hydrogen (secondary N) is 1. The van der Waals surface area contributed by atoms with E-state index in [2.05, 4.69) is 22.4 Å².